The van der Waals surface area contributed by atoms with Gasteiger partial charge in [-0.15, -0.1) is 0 Å². The Balaban J connectivity index is 2.82. The van der Waals surface area contributed by atoms with Gasteiger partial charge in [0.25, 0.3) is 11.4 Å². The zero-order valence-electron chi connectivity index (χ0n) is 13.0. The molecule has 27 heavy (non-hydrogen) atoms. The lowest BCUT2D eigenvalue weighted by Crippen LogP contribution is -2.12. The number of nitrogens with one attached hydrogen (secondary N) is 1. The van der Waals surface area contributed by atoms with Crippen LogP contribution in [0.3, 0.4) is 0 Å². The smallest absolute Gasteiger partial charge is 0.348 e. The van der Waals surface area contributed by atoms with Crippen molar-refractivity contribution in [1.82, 2.24) is 0 Å². The van der Waals surface area contributed by atoms with Crippen molar-refractivity contribution >= 4 is 54.6 Å². The molecule has 144 valence electrons. The predicted octanol–water partition coefficient (Wildman–Crippen LogP) is 6.24. The number of anilines is 2. The minimum atomic E-state index is -5.13. The van der Waals surface area contributed by atoms with E-state index in [-0.39, 0.29) is 26.3 Å². The molecule has 0 saturated heterocycles. The Morgan fingerprint density at radius 3 is 2.07 bits per heavy atom. The fourth-order valence-corrected chi connectivity index (χ4v) is 3.12. The molecule has 0 aliphatic heterocycles. The van der Waals surface area contributed by atoms with Crippen molar-refractivity contribution in [2.75, 3.05) is 5.32 Å². The van der Waals surface area contributed by atoms with E-state index in [0.29, 0.717) is 6.07 Å². The van der Waals surface area contributed by atoms with Gasteiger partial charge in [0, 0.05) is 6.07 Å². The monoisotopic (exact) mass is 515 g/mol. The second-order valence-corrected chi connectivity index (χ2v) is 6.79. The molecule has 0 bridgehead atoms. The van der Waals surface area contributed by atoms with E-state index in [0.717, 1.165) is 6.07 Å². The van der Waals surface area contributed by atoms with Gasteiger partial charge in [-0.25, -0.2) is 4.39 Å². The Hall–Kier alpha value is -2.28. The lowest BCUT2D eigenvalue weighted by molar-refractivity contribution is -0.394. The van der Waals surface area contributed by atoms with Gasteiger partial charge in [0.2, 0.25) is 0 Å². The third-order valence-electron chi connectivity index (χ3n) is 3.42. The molecular formula is C14H7Br2F4N3O4. The number of nitro benzene ring substituents is 2. The van der Waals surface area contributed by atoms with Crippen LogP contribution >= 0.6 is 31.9 Å². The van der Waals surface area contributed by atoms with Crippen LogP contribution in [0.5, 0.6) is 0 Å². The molecular weight excluding hydrogens is 510 g/mol. The van der Waals surface area contributed by atoms with Crippen molar-refractivity contribution in [1.29, 1.82) is 0 Å². The van der Waals surface area contributed by atoms with E-state index >= 15 is 0 Å². The van der Waals surface area contributed by atoms with Crippen LogP contribution in [0.2, 0.25) is 0 Å². The van der Waals surface area contributed by atoms with Gasteiger partial charge in [-0.3, -0.25) is 20.2 Å². The van der Waals surface area contributed by atoms with Crippen LogP contribution in [-0.4, -0.2) is 9.85 Å². The van der Waals surface area contributed by atoms with E-state index in [4.69, 9.17) is 0 Å². The quantitative estimate of drug-likeness (QED) is 0.224. The zero-order chi connectivity index (χ0) is 20.7. The van der Waals surface area contributed by atoms with Crippen LogP contribution in [0.15, 0.2) is 27.1 Å². The molecule has 0 heterocycles. The number of alkyl halides is 3. The summed E-state index contributed by atoms with van der Waals surface area (Å²) in [6.45, 7) is 1.37. The molecule has 0 radical (unpaired) electrons. The average molecular weight is 517 g/mol. The Bertz CT molecular complexity index is 967. The molecule has 0 saturated carbocycles. The van der Waals surface area contributed by atoms with Gasteiger partial charge in [-0.1, -0.05) is 0 Å². The summed E-state index contributed by atoms with van der Waals surface area (Å²) in [6.07, 6.45) is -5.13. The number of non-ortho nitro benzene ring substituents is 1. The SMILES string of the molecule is Cc1cc(F)c(Br)c(Br)c1Nc1c([N+](=O)[O-])cc([N+](=O)[O-])cc1C(F)(F)F. The van der Waals surface area contributed by atoms with Crippen LogP contribution in [0.4, 0.5) is 40.3 Å². The number of nitrogens with zero attached hydrogens (tertiary/aromatic N) is 2. The fraction of sp³-hybridized carbons (Fsp3) is 0.143. The highest BCUT2D eigenvalue weighted by molar-refractivity contribution is 9.13. The summed E-state index contributed by atoms with van der Waals surface area (Å²) in [7, 11) is 0. The fourth-order valence-electron chi connectivity index (χ4n) is 2.21. The maximum Gasteiger partial charge on any atom is 0.418 e. The number of benzene rings is 2. The second-order valence-electron chi connectivity index (χ2n) is 5.20. The van der Waals surface area contributed by atoms with E-state index < -0.39 is 44.5 Å². The first-order valence-electron chi connectivity index (χ1n) is 6.79. The van der Waals surface area contributed by atoms with Crippen LogP contribution in [0.25, 0.3) is 0 Å². The van der Waals surface area contributed by atoms with Gasteiger partial charge in [-0.2, -0.15) is 13.2 Å². The summed E-state index contributed by atoms with van der Waals surface area (Å²) >= 11 is 5.91. The van der Waals surface area contributed by atoms with E-state index in [1.807, 2.05) is 0 Å². The molecule has 0 aliphatic rings. The summed E-state index contributed by atoms with van der Waals surface area (Å²) in [5, 5.41) is 24.4. The summed E-state index contributed by atoms with van der Waals surface area (Å²) in [6, 6.07) is 1.61. The first-order valence-corrected chi connectivity index (χ1v) is 8.38. The average Bonchev–Trinajstić information content (AvgIpc) is 2.55. The molecule has 13 heteroatoms. The molecule has 0 unspecified atom stereocenters. The number of hydrogen-bond donors (Lipinski definition) is 1. The number of rotatable bonds is 4. The molecule has 2 rings (SSSR count). The molecule has 0 aliphatic carbocycles. The molecule has 2 aromatic carbocycles. The molecule has 1 N–H and O–H groups in total. The van der Waals surface area contributed by atoms with Crippen molar-refractivity contribution in [2.45, 2.75) is 13.1 Å². The zero-order valence-corrected chi connectivity index (χ0v) is 16.2. The van der Waals surface area contributed by atoms with Crippen LogP contribution in [0, 0.1) is 33.0 Å². The molecule has 0 spiro atoms. The maximum absolute atomic E-state index is 13.7. The lowest BCUT2D eigenvalue weighted by atomic mass is 10.1. The van der Waals surface area contributed by atoms with Crippen molar-refractivity contribution in [3.05, 3.63) is 64.3 Å². The van der Waals surface area contributed by atoms with Crippen LogP contribution < -0.4 is 5.32 Å². The lowest BCUT2D eigenvalue weighted by Gasteiger charge is -2.18. The van der Waals surface area contributed by atoms with Crippen molar-refractivity contribution in [2.24, 2.45) is 0 Å². The molecule has 0 amide bonds. The summed E-state index contributed by atoms with van der Waals surface area (Å²) < 4.78 is 53.8. The Morgan fingerprint density at radius 2 is 1.59 bits per heavy atom. The van der Waals surface area contributed by atoms with Gasteiger partial charge in [0.05, 0.1) is 36.1 Å². The van der Waals surface area contributed by atoms with Gasteiger partial charge >= 0.3 is 6.18 Å². The summed E-state index contributed by atoms with van der Waals surface area (Å²) in [5.74, 6) is -0.709. The van der Waals surface area contributed by atoms with E-state index in [2.05, 4.69) is 37.2 Å². The minimum Gasteiger partial charge on any atom is -0.348 e. The molecule has 0 fully saturated rings. The first kappa shape index (κ1) is 21.0. The third-order valence-corrected chi connectivity index (χ3v) is 5.53. The number of nitro groups is 2. The summed E-state index contributed by atoms with van der Waals surface area (Å²) in [5.41, 5.74) is -4.77. The largest absolute Gasteiger partial charge is 0.418 e. The summed E-state index contributed by atoms with van der Waals surface area (Å²) in [4.78, 5) is 19.8. The normalized spacial score (nSPS) is 11.4. The number of aryl methyl sites for hydroxylation is 1. The number of halogens is 6. The van der Waals surface area contributed by atoms with Gasteiger partial charge in [-0.05, 0) is 50.4 Å². The molecule has 2 aromatic rings. The standard InChI is InChI=1S/C14H7Br2F4N3O4/c1-5-2-8(17)10(15)11(16)12(5)21-13-7(14(18,19)20)3-6(22(24)25)4-9(13)23(26)27/h2-4,21H,1H3. The predicted molar refractivity (Wildman–Crippen MR) is 94.6 cm³/mol. The molecule has 0 aromatic heterocycles. The highest BCUT2D eigenvalue weighted by atomic mass is 79.9. The van der Waals surface area contributed by atoms with Crippen molar-refractivity contribution in [3.8, 4) is 0 Å². The van der Waals surface area contributed by atoms with Gasteiger partial charge < -0.3 is 5.32 Å². The first-order chi connectivity index (χ1) is 12.3. The highest BCUT2D eigenvalue weighted by Crippen LogP contribution is 2.46. The van der Waals surface area contributed by atoms with Gasteiger partial charge in [0.1, 0.15) is 11.5 Å². The topological polar surface area (TPSA) is 98.3 Å². The Morgan fingerprint density at radius 1 is 1.00 bits per heavy atom. The van der Waals surface area contributed by atoms with Crippen molar-refractivity contribution < 1.29 is 27.4 Å². The Labute approximate surface area is 164 Å². The van der Waals surface area contributed by atoms with Crippen LogP contribution in [-0.2, 0) is 6.18 Å². The second kappa shape index (κ2) is 7.38. The third kappa shape index (κ3) is 4.18. The van der Waals surface area contributed by atoms with Crippen molar-refractivity contribution in [3.63, 3.8) is 0 Å². The van der Waals surface area contributed by atoms with E-state index in [9.17, 15) is 37.8 Å². The maximum atomic E-state index is 13.7. The highest BCUT2D eigenvalue weighted by Gasteiger charge is 2.40. The van der Waals surface area contributed by atoms with Crippen LogP contribution in [0.1, 0.15) is 11.1 Å². The minimum absolute atomic E-state index is 0.0132. The molecule has 0 atom stereocenters. The van der Waals surface area contributed by atoms with E-state index in [1.165, 1.54) is 6.92 Å². The molecule has 7 nitrogen and oxygen atoms in total. The number of hydrogen-bond acceptors (Lipinski definition) is 5. The van der Waals surface area contributed by atoms with E-state index in [1.54, 1.807) is 0 Å². The Kier molecular flexibility index (Phi) is 5.75. The van der Waals surface area contributed by atoms with Gasteiger partial charge in [0.15, 0.2) is 0 Å².